The molecule has 0 aromatic heterocycles. The van der Waals surface area contributed by atoms with Crippen LogP contribution in [0, 0.1) is 0 Å². The fourth-order valence-electron chi connectivity index (χ4n) is 2.42. The maximum atomic E-state index is 12.6. The Labute approximate surface area is 111 Å². The second kappa shape index (κ2) is 5.92. The third-order valence-corrected chi connectivity index (χ3v) is 3.49. The molecule has 5 heteroatoms. The van der Waals surface area contributed by atoms with Crippen molar-refractivity contribution in [3.63, 3.8) is 0 Å². The Kier molecular flexibility index (Phi) is 4.47. The van der Waals surface area contributed by atoms with Crippen molar-refractivity contribution in [1.82, 2.24) is 10.2 Å². The molecule has 106 valence electrons. The number of rotatable bonds is 3. The van der Waals surface area contributed by atoms with E-state index in [9.17, 15) is 13.2 Å². The van der Waals surface area contributed by atoms with Gasteiger partial charge in [0.25, 0.3) is 0 Å². The van der Waals surface area contributed by atoms with E-state index in [2.05, 4.69) is 17.1 Å². The predicted octanol–water partition coefficient (Wildman–Crippen LogP) is 2.89. The Morgan fingerprint density at radius 2 is 2.16 bits per heavy atom. The van der Waals surface area contributed by atoms with Gasteiger partial charge in [0.2, 0.25) is 0 Å². The highest BCUT2D eigenvalue weighted by Crippen LogP contribution is 2.29. The summed E-state index contributed by atoms with van der Waals surface area (Å²) in [4.78, 5) is 2.21. The highest BCUT2D eigenvalue weighted by molar-refractivity contribution is 5.25. The summed E-state index contributed by atoms with van der Waals surface area (Å²) in [5.41, 5.74) is 0.166. The SMILES string of the molecule is CCC1CN(Cc2cccc(C(F)(F)F)c2)CCN1. The van der Waals surface area contributed by atoms with Crippen molar-refractivity contribution in [3.05, 3.63) is 35.4 Å². The largest absolute Gasteiger partial charge is 0.416 e. The van der Waals surface area contributed by atoms with Gasteiger partial charge in [-0.25, -0.2) is 0 Å². The van der Waals surface area contributed by atoms with Crippen LogP contribution in [0.25, 0.3) is 0 Å². The van der Waals surface area contributed by atoms with Crippen molar-refractivity contribution in [1.29, 1.82) is 0 Å². The van der Waals surface area contributed by atoms with Gasteiger partial charge in [0.15, 0.2) is 0 Å². The fraction of sp³-hybridized carbons (Fsp3) is 0.571. The minimum atomic E-state index is -4.26. The van der Waals surface area contributed by atoms with Crippen molar-refractivity contribution < 1.29 is 13.2 Å². The minimum Gasteiger partial charge on any atom is -0.311 e. The van der Waals surface area contributed by atoms with Gasteiger partial charge in [0, 0.05) is 32.2 Å². The normalized spacial score (nSPS) is 21.6. The van der Waals surface area contributed by atoms with Gasteiger partial charge >= 0.3 is 6.18 Å². The first-order chi connectivity index (χ1) is 8.99. The number of nitrogens with zero attached hydrogens (tertiary/aromatic N) is 1. The molecule has 1 fully saturated rings. The molecular weight excluding hydrogens is 253 g/mol. The van der Waals surface area contributed by atoms with Crippen molar-refractivity contribution in [3.8, 4) is 0 Å². The lowest BCUT2D eigenvalue weighted by molar-refractivity contribution is -0.137. The van der Waals surface area contributed by atoms with Gasteiger partial charge in [0.05, 0.1) is 5.56 Å². The Balaban J connectivity index is 2.03. The number of benzene rings is 1. The van der Waals surface area contributed by atoms with Crippen molar-refractivity contribution in [2.75, 3.05) is 19.6 Å². The second-order valence-electron chi connectivity index (χ2n) is 4.99. The molecule has 0 spiro atoms. The quantitative estimate of drug-likeness (QED) is 0.910. The molecule has 0 aliphatic carbocycles. The van der Waals surface area contributed by atoms with Gasteiger partial charge in [-0.2, -0.15) is 13.2 Å². The topological polar surface area (TPSA) is 15.3 Å². The highest BCUT2D eigenvalue weighted by Gasteiger charge is 2.30. The maximum absolute atomic E-state index is 12.6. The lowest BCUT2D eigenvalue weighted by atomic mass is 10.1. The van der Waals surface area contributed by atoms with Gasteiger partial charge in [-0.1, -0.05) is 25.1 Å². The number of nitrogens with one attached hydrogen (secondary N) is 1. The summed E-state index contributed by atoms with van der Waals surface area (Å²) in [6.07, 6.45) is -3.22. The number of hydrogen-bond donors (Lipinski definition) is 1. The number of halogens is 3. The Bertz CT molecular complexity index is 417. The molecule has 1 aliphatic heterocycles. The first-order valence-corrected chi connectivity index (χ1v) is 6.61. The molecule has 1 saturated heterocycles. The lowest BCUT2D eigenvalue weighted by Gasteiger charge is -2.33. The molecular formula is C14H19F3N2. The zero-order valence-corrected chi connectivity index (χ0v) is 11.0. The molecule has 1 aromatic carbocycles. The average Bonchev–Trinajstić information content (AvgIpc) is 2.38. The van der Waals surface area contributed by atoms with E-state index in [0.29, 0.717) is 12.6 Å². The van der Waals surface area contributed by atoms with Crippen LogP contribution < -0.4 is 5.32 Å². The van der Waals surface area contributed by atoms with Crippen LogP contribution >= 0.6 is 0 Å². The Morgan fingerprint density at radius 1 is 1.37 bits per heavy atom. The zero-order valence-electron chi connectivity index (χ0n) is 11.0. The average molecular weight is 272 g/mol. The van der Waals surface area contributed by atoms with Crippen LogP contribution in [-0.2, 0) is 12.7 Å². The van der Waals surface area contributed by atoms with Gasteiger partial charge in [0.1, 0.15) is 0 Å². The van der Waals surface area contributed by atoms with Crippen LogP contribution in [0.4, 0.5) is 13.2 Å². The molecule has 1 atom stereocenters. The number of piperazine rings is 1. The summed E-state index contributed by atoms with van der Waals surface area (Å²) in [5.74, 6) is 0. The van der Waals surface area contributed by atoms with E-state index in [1.165, 1.54) is 12.1 Å². The van der Waals surface area contributed by atoms with Crippen molar-refractivity contribution >= 4 is 0 Å². The van der Waals surface area contributed by atoms with Crippen LogP contribution in [0.1, 0.15) is 24.5 Å². The summed E-state index contributed by atoms with van der Waals surface area (Å²) in [5, 5.41) is 3.40. The zero-order chi connectivity index (χ0) is 13.9. The lowest BCUT2D eigenvalue weighted by Crippen LogP contribution is -2.49. The fourth-order valence-corrected chi connectivity index (χ4v) is 2.42. The molecule has 2 nitrogen and oxygen atoms in total. The van der Waals surface area contributed by atoms with Crippen LogP contribution in [0.3, 0.4) is 0 Å². The molecule has 1 heterocycles. The summed E-state index contributed by atoms with van der Waals surface area (Å²) in [6, 6.07) is 6.06. The Morgan fingerprint density at radius 3 is 2.84 bits per heavy atom. The molecule has 1 unspecified atom stereocenters. The predicted molar refractivity (Wildman–Crippen MR) is 68.8 cm³/mol. The molecule has 19 heavy (non-hydrogen) atoms. The summed E-state index contributed by atoms with van der Waals surface area (Å²) >= 11 is 0. The molecule has 0 amide bonds. The summed E-state index contributed by atoms with van der Waals surface area (Å²) in [6.45, 7) is 5.38. The van der Waals surface area contributed by atoms with E-state index in [-0.39, 0.29) is 0 Å². The molecule has 1 N–H and O–H groups in total. The molecule has 0 saturated carbocycles. The Hall–Kier alpha value is -1.07. The van der Waals surface area contributed by atoms with Crippen molar-refractivity contribution in [2.45, 2.75) is 32.1 Å². The van der Waals surface area contributed by atoms with E-state index in [0.717, 1.165) is 37.7 Å². The second-order valence-corrected chi connectivity index (χ2v) is 4.99. The van der Waals surface area contributed by atoms with Crippen LogP contribution in [-0.4, -0.2) is 30.6 Å². The number of alkyl halides is 3. The minimum absolute atomic E-state index is 0.444. The van der Waals surface area contributed by atoms with Crippen LogP contribution in [0.5, 0.6) is 0 Å². The third kappa shape index (κ3) is 3.94. The van der Waals surface area contributed by atoms with E-state index in [1.807, 2.05) is 0 Å². The smallest absolute Gasteiger partial charge is 0.311 e. The maximum Gasteiger partial charge on any atom is 0.416 e. The molecule has 0 radical (unpaired) electrons. The van der Waals surface area contributed by atoms with Crippen LogP contribution in [0.15, 0.2) is 24.3 Å². The van der Waals surface area contributed by atoms with Gasteiger partial charge in [-0.15, -0.1) is 0 Å². The van der Waals surface area contributed by atoms with E-state index in [1.54, 1.807) is 6.07 Å². The molecule has 1 aromatic rings. The standard InChI is InChI=1S/C14H19F3N2/c1-2-13-10-19(7-6-18-13)9-11-4-3-5-12(8-11)14(15,16)17/h3-5,8,13,18H,2,6-7,9-10H2,1H3. The van der Waals surface area contributed by atoms with Gasteiger partial charge in [-0.3, -0.25) is 4.90 Å². The van der Waals surface area contributed by atoms with E-state index >= 15 is 0 Å². The summed E-state index contributed by atoms with van der Waals surface area (Å²) < 4.78 is 37.9. The van der Waals surface area contributed by atoms with E-state index in [4.69, 9.17) is 0 Å². The number of hydrogen-bond acceptors (Lipinski definition) is 2. The highest BCUT2D eigenvalue weighted by atomic mass is 19.4. The first kappa shape index (κ1) is 14.3. The monoisotopic (exact) mass is 272 g/mol. The molecule has 1 aliphatic rings. The molecule has 0 bridgehead atoms. The van der Waals surface area contributed by atoms with Crippen LogP contribution in [0.2, 0.25) is 0 Å². The summed E-state index contributed by atoms with van der Waals surface area (Å²) in [7, 11) is 0. The first-order valence-electron chi connectivity index (χ1n) is 6.61. The molecule has 2 rings (SSSR count). The van der Waals surface area contributed by atoms with E-state index < -0.39 is 11.7 Å². The van der Waals surface area contributed by atoms with Crippen molar-refractivity contribution in [2.24, 2.45) is 0 Å². The third-order valence-electron chi connectivity index (χ3n) is 3.49. The van der Waals surface area contributed by atoms with Gasteiger partial charge in [-0.05, 0) is 18.1 Å². The van der Waals surface area contributed by atoms with Gasteiger partial charge < -0.3 is 5.32 Å².